The van der Waals surface area contributed by atoms with Gasteiger partial charge in [-0.3, -0.25) is 0 Å². The number of allylic oxidation sites excluding steroid dienone is 1. The van der Waals surface area contributed by atoms with Crippen LogP contribution in [0.25, 0.3) is 0 Å². The zero-order valence-corrected chi connectivity index (χ0v) is 9.77. The third-order valence-electron chi connectivity index (χ3n) is 2.46. The number of hydrogen-bond donors (Lipinski definition) is 1. The van der Waals surface area contributed by atoms with Crippen LogP contribution in [0.2, 0.25) is 0 Å². The first-order valence-corrected chi connectivity index (χ1v) is 6.51. The fraction of sp³-hybridized carbons (Fsp3) is 0.778. The van der Waals surface area contributed by atoms with E-state index in [1.165, 1.54) is 0 Å². The van der Waals surface area contributed by atoms with E-state index < -0.39 is 22.2 Å². The predicted octanol–water partition coefficient (Wildman–Crippen LogP) is 2.06. The summed E-state index contributed by atoms with van der Waals surface area (Å²) in [6, 6.07) is 0. The van der Waals surface area contributed by atoms with Crippen molar-refractivity contribution in [2.45, 2.75) is 37.6 Å². The van der Waals surface area contributed by atoms with Crippen LogP contribution in [0.1, 0.15) is 32.1 Å². The van der Waals surface area contributed by atoms with Gasteiger partial charge in [0.2, 0.25) is 0 Å². The van der Waals surface area contributed by atoms with Gasteiger partial charge in [0.15, 0.2) is 0 Å². The molecule has 1 aliphatic rings. The highest BCUT2D eigenvalue weighted by Gasteiger charge is 2.49. The molecule has 4 nitrogen and oxygen atoms in total. The molecule has 8 heteroatoms. The molecule has 100 valence electrons. The second kappa shape index (κ2) is 5.26. The second-order valence-corrected chi connectivity index (χ2v) is 5.27. The van der Waals surface area contributed by atoms with Crippen LogP contribution in [-0.4, -0.2) is 25.6 Å². The monoisotopic (exact) mass is 274 g/mol. The molecule has 0 heterocycles. The van der Waals surface area contributed by atoms with Crippen molar-refractivity contribution in [1.29, 1.82) is 0 Å². The van der Waals surface area contributed by atoms with Crippen molar-refractivity contribution < 1.29 is 30.9 Å². The summed E-state index contributed by atoms with van der Waals surface area (Å²) in [5.41, 5.74) is -5.21. The first-order chi connectivity index (χ1) is 7.78. The summed E-state index contributed by atoms with van der Waals surface area (Å²) >= 11 is 0. The third kappa shape index (κ3) is 3.60. The lowest BCUT2D eigenvalue weighted by Crippen LogP contribution is -2.25. The molecule has 1 rings (SSSR count). The molecule has 1 aliphatic carbocycles. The normalized spacial score (nSPS) is 19.1. The van der Waals surface area contributed by atoms with Crippen LogP contribution in [-0.2, 0) is 14.3 Å². The fourth-order valence-corrected chi connectivity index (χ4v) is 2.12. The molecule has 0 aliphatic heterocycles. The summed E-state index contributed by atoms with van der Waals surface area (Å²) in [5, 5.41) is 8.97. The minimum Gasteiger partial charge on any atom is -0.392 e. The Balaban J connectivity index is 2.95. The molecule has 0 spiro atoms. The maximum absolute atomic E-state index is 12.1. The quantitative estimate of drug-likeness (QED) is 0.632. The summed E-state index contributed by atoms with van der Waals surface area (Å²) in [6.45, 7) is -0.483. The van der Waals surface area contributed by atoms with Crippen LogP contribution in [0.15, 0.2) is 11.3 Å². The fourth-order valence-electron chi connectivity index (χ4n) is 1.56. The molecule has 0 radical (unpaired) electrons. The summed E-state index contributed by atoms with van der Waals surface area (Å²) in [5.74, 6) is -0.262. The summed E-state index contributed by atoms with van der Waals surface area (Å²) < 4.78 is 62.1. The lowest BCUT2D eigenvalue weighted by molar-refractivity contribution is -0.0524. The van der Waals surface area contributed by atoms with Crippen LogP contribution in [0, 0.1) is 0 Å². The van der Waals surface area contributed by atoms with Crippen molar-refractivity contribution in [2.75, 3.05) is 6.61 Å². The van der Waals surface area contributed by atoms with E-state index in [-0.39, 0.29) is 17.8 Å². The molecule has 0 aromatic heterocycles. The van der Waals surface area contributed by atoms with E-state index in [2.05, 4.69) is 4.18 Å². The highest BCUT2D eigenvalue weighted by Crippen LogP contribution is 2.31. The maximum atomic E-state index is 12.1. The molecule has 0 amide bonds. The standard InChI is InChI=1S/C9H13F3O4S/c10-9(11,12)17(14,15)16-8-5-3-1-2-4-7(8)6-13/h13H,1-6H2. The Morgan fingerprint density at radius 3 is 2.29 bits per heavy atom. The van der Waals surface area contributed by atoms with Gasteiger partial charge in [0.25, 0.3) is 0 Å². The van der Waals surface area contributed by atoms with Crippen molar-refractivity contribution in [2.24, 2.45) is 0 Å². The van der Waals surface area contributed by atoms with Gasteiger partial charge >= 0.3 is 15.6 Å². The van der Waals surface area contributed by atoms with Gasteiger partial charge in [-0.05, 0) is 24.8 Å². The van der Waals surface area contributed by atoms with Gasteiger partial charge in [-0.2, -0.15) is 21.6 Å². The van der Waals surface area contributed by atoms with Crippen molar-refractivity contribution >= 4 is 10.1 Å². The topological polar surface area (TPSA) is 63.6 Å². The minimum atomic E-state index is -5.63. The lowest BCUT2D eigenvalue weighted by atomic mass is 10.1. The van der Waals surface area contributed by atoms with E-state index >= 15 is 0 Å². The molecule has 0 bridgehead atoms. The Morgan fingerprint density at radius 2 is 1.76 bits per heavy atom. The van der Waals surface area contributed by atoms with Crippen molar-refractivity contribution in [3.05, 3.63) is 11.3 Å². The highest BCUT2D eigenvalue weighted by atomic mass is 32.2. The zero-order valence-electron chi connectivity index (χ0n) is 8.96. The van der Waals surface area contributed by atoms with Crippen LogP contribution in [0.3, 0.4) is 0 Å². The maximum Gasteiger partial charge on any atom is 0.534 e. The molecule has 17 heavy (non-hydrogen) atoms. The Labute approximate surface area is 97.2 Å². The lowest BCUT2D eigenvalue weighted by Gasteiger charge is -2.14. The highest BCUT2D eigenvalue weighted by molar-refractivity contribution is 7.87. The van der Waals surface area contributed by atoms with E-state index in [4.69, 9.17) is 5.11 Å². The Bertz CT molecular complexity index is 397. The largest absolute Gasteiger partial charge is 0.534 e. The molecule has 0 fully saturated rings. The molecule has 0 atom stereocenters. The van der Waals surface area contributed by atoms with Gasteiger partial charge in [0.05, 0.1) is 6.61 Å². The number of alkyl halides is 3. The van der Waals surface area contributed by atoms with Gasteiger partial charge in [-0.25, -0.2) is 0 Å². The van der Waals surface area contributed by atoms with Crippen LogP contribution in [0.5, 0.6) is 0 Å². The molecule has 0 aromatic rings. The van der Waals surface area contributed by atoms with E-state index in [1.54, 1.807) is 0 Å². The summed E-state index contributed by atoms with van der Waals surface area (Å²) in [4.78, 5) is 0. The SMILES string of the molecule is O=S(=O)(OC1=C(CO)CCCCC1)C(F)(F)F. The first kappa shape index (κ1) is 14.3. The number of aliphatic hydroxyl groups excluding tert-OH is 1. The third-order valence-corrected chi connectivity index (χ3v) is 3.45. The van der Waals surface area contributed by atoms with Gasteiger partial charge in [0.1, 0.15) is 5.76 Å². The molecule has 0 saturated heterocycles. The van der Waals surface area contributed by atoms with E-state index in [9.17, 15) is 21.6 Å². The molecule has 1 N–H and O–H groups in total. The number of aliphatic hydroxyl groups is 1. The Kier molecular flexibility index (Phi) is 4.42. The smallest absolute Gasteiger partial charge is 0.392 e. The van der Waals surface area contributed by atoms with Crippen LogP contribution in [0.4, 0.5) is 13.2 Å². The summed E-state index contributed by atoms with van der Waals surface area (Å²) in [6.07, 6.45) is 2.48. The van der Waals surface area contributed by atoms with Crippen LogP contribution >= 0.6 is 0 Å². The zero-order chi connectivity index (χ0) is 13.1. The second-order valence-electron chi connectivity index (χ2n) is 3.73. The summed E-state index contributed by atoms with van der Waals surface area (Å²) in [7, 11) is -5.63. The van der Waals surface area contributed by atoms with Crippen molar-refractivity contribution in [3.8, 4) is 0 Å². The molecular weight excluding hydrogens is 261 g/mol. The molecule has 0 unspecified atom stereocenters. The van der Waals surface area contributed by atoms with Gasteiger partial charge < -0.3 is 9.29 Å². The van der Waals surface area contributed by atoms with Crippen molar-refractivity contribution in [3.63, 3.8) is 0 Å². The van der Waals surface area contributed by atoms with Crippen molar-refractivity contribution in [1.82, 2.24) is 0 Å². The van der Waals surface area contributed by atoms with Gasteiger partial charge in [-0.15, -0.1) is 0 Å². The Hall–Kier alpha value is -0.760. The average Bonchev–Trinajstić information content (AvgIpc) is 2.40. The number of hydrogen-bond acceptors (Lipinski definition) is 4. The first-order valence-electron chi connectivity index (χ1n) is 5.10. The van der Waals surface area contributed by atoms with E-state index in [0.717, 1.165) is 6.42 Å². The molecule has 0 aromatic carbocycles. The van der Waals surface area contributed by atoms with Gasteiger partial charge in [0, 0.05) is 6.42 Å². The Morgan fingerprint density at radius 1 is 1.18 bits per heavy atom. The predicted molar refractivity (Wildman–Crippen MR) is 53.3 cm³/mol. The van der Waals surface area contributed by atoms with Gasteiger partial charge in [-0.1, -0.05) is 6.42 Å². The van der Waals surface area contributed by atoms with E-state index in [1.807, 2.05) is 0 Å². The van der Waals surface area contributed by atoms with E-state index in [0.29, 0.717) is 19.3 Å². The number of rotatable bonds is 3. The average molecular weight is 274 g/mol. The number of halogens is 3. The van der Waals surface area contributed by atoms with Crippen LogP contribution < -0.4 is 0 Å². The minimum absolute atomic E-state index is 0.102. The molecular formula is C9H13F3O4S. The molecule has 0 saturated carbocycles.